The van der Waals surface area contributed by atoms with Gasteiger partial charge in [0, 0.05) is 28.1 Å². The van der Waals surface area contributed by atoms with Crippen molar-refractivity contribution in [3.63, 3.8) is 0 Å². The minimum Gasteiger partial charge on any atom is -0.320 e. The van der Waals surface area contributed by atoms with Crippen molar-refractivity contribution in [1.82, 2.24) is 15.1 Å². The molecule has 0 bridgehead atoms. The maximum absolute atomic E-state index is 14.8. The average molecular weight is 426 g/mol. The smallest absolute Gasteiger partial charge is 0.320 e. The number of carbonyl (C=O) groups excluding carboxylic acids is 1. The number of nitrogens with one attached hydrogen (secondary N) is 2. The number of fused-ring (bicyclic) bond motifs is 2. The van der Waals surface area contributed by atoms with E-state index in [1.54, 1.807) is 16.9 Å². The van der Waals surface area contributed by atoms with Crippen LogP contribution in [0.15, 0.2) is 42.6 Å². The van der Waals surface area contributed by atoms with Gasteiger partial charge in [-0.25, -0.2) is 18.0 Å². The van der Waals surface area contributed by atoms with Gasteiger partial charge in [0.25, 0.3) is 0 Å². The van der Waals surface area contributed by atoms with E-state index in [1.807, 2.05) is 24.3 Å². The fourth-order valence-electron chi connectivity index (χ4n) is 3.32. The molecule has 1 aliphatic heterocycles. The van der Waals surface area contributed by atoms with Crippen molar-refractivity contribution in [2.75, 3.05) is 5.32 Å². The predicted octanol–water partition coefficient (Wildman–Crippen LogP) is 5.08. The van der Waals surface area contributed by atoms with E-state index < -0.39 is 12.5 Å². The molecule has 1 aromatic heterocycles. The lowest BCUT2D eigenvalue weighted by molar-refractivity contribution is 0.171. The number of anilines is 1. The van der Waals surface area contributed by atoms with Crippen molar-refractivity contribution in [2.24, 2.45) is 5.92 Å². The van der Waals surface area contributed by atoms with Gasteiger partial charge in [0.15, 0.2) is 0 Å². The van der Waals surface area contributed by atoms with Crippen LogP contribution >= 0.6 is 0 Å². The van der Waals surface area contributed by atoms with E-state index in [1.165, 1.54) is 6.07 Å². The third-order valence-electron chi connectivity index (χ3n) is 4.93. The number of halogens is 3. The van der Waals surface area contributed by atoms with Crippen LogP contribution in [0.25, 0.3) is 10.9 Å². The molecule has 1 aliphatic carbocycles. The molecule has 31 heavy (non-hydrogen) atoms. The Hall–Kier alpha value is -3.47. The number of benzene rings is 2. The van der Waals surface area contributed by atoms with Crippen molar-refractivity contribution in [3.05, 3.63) is 59.5 Å². The molecule has 1 saturated carbocycles. The molecule has 3 aromatic rings. The van der Waals surface area contributed by atoms with Crippen LogP contribution in [-0.4, -0.2) is 22.2 Å². The quantitative estimate of drug-likeness (QED) is 0.561. The lowest BCUT2D eigenvalue weighted by atomic mass is 9.99. The highest BCUT2D eigenvalue weighted by Gasteiger charge is 2.26. The van der Waals surface area contributed by atoms with Crippen LogP contribution in [0.3, 0.4) is 0 Å². The number of carbonyl (C=O) groups is 1. The Labute approximate surface area is 177 Å². The summed E-state index contributed by atoms with van der Waals surface area (Å²) in [7, 11) is 0. The zero-order valence-electron chi connectivity index (χ0n) is 16.8. The van der Waals surface area contributed by atoms with Gasteiger partial charge >= 0.3 is 6.03 Å². The number of amides is 2. The monoisotopic (exact) mass is 426 g/mol. The van der Waals surface area contributed by atoms with Crippen LogP contribution in [-0.2, 0) is 6.54 Å². The highest BCUT2D eigenvalue weighted by molar-refractivity contribution is 5.93. The average Bonchev–Trinajstić information content (AvgIpc) is 3.46. The van der Waals surface area contributed by atoms with E-state index in [0.717, 1.165) is 30.7 Å². The maximum atomic E-state index is 14.8. The molecule has 2 aliphatic rings. The molecule has 1 unspecified atom stereocenters. The highest BCUT2D eigenvalue weighted by atomic mass is 19.3. The molecule has 8 heteroatoms. The summed E-state index contributed by atoms with van der Waals surface area (Å²) in [5, 5.41) is 10.9. The number of hydrogen-bond acceptors (Lipinski definition) is 2. The number of nitrogens with zero attached hydrogens (tertiary/aromatic N) is 2. The van der Waals surface area contributed by atoms with Gasteiger partial charge in [0.2, 0.25) is 6.43 Å². The van der Waals surface area contributed by atoms with E-state index in [4.69, 9.17) is 0 Å². The third kappa shape index (κ3) is 5.00. The summed E-state index contributed by atoms with van der Waals surface area (Å²) in [4.78, 5) is 12.0. The van der Waals surface area contributed by atoms with Gasteiger partial charge in [-0.05, 0) is 38.0 Å². The largest absolute Gasteiger partial charge is 0.320 e. The standard InChI is InChI=1S/C21H17FN4O.C2H4F2/c22-17-10-16-18(8-7-13-5-6-13)24-21(27)25-19(16)9-15(17)12-26-20-4-2-1-3-14(20)11-23-26;1-2(3)4/h1-4,9-11,13,18H,5-6,12H2,(H2,24,25,27);2H,1H3. The van der Waals surface area contributed by atoms with Crippen LogP contribution in [0.1, 0.15) is 36.9 Å². The summed E-state index contributed by atoms with van der Waals surface area (Å²) in [5.74, 6) is 6.31. The van der Waals surface area contributed by atoms with Crippen molar-refractivity contribution < 1.29 is 18.0 Å². The lowest BCUT2D eigenvalue weighted by Gasteiger charge is -2.24. The molecule has 2 aromatic carbocycles. The predicted molar refractivity (Wildman–Crippen MR) is 112 cm³/mol. The normalized spacial score (nSPS) is 17.1. The SMILES string of the molecule is CC(F)F.O=C1Nc2cc(Cn3ncc4ccccc43)c(F)cc2C(C#CC2CC2)N1. The topological polar surface area (TPSA) is 59.0 Å². The van der Waals surface area contributed by atoms with Crippen molar-refractivity contribution in [1.29, 1.82) is 0 Å². The lowest BCUT2D eigenvalue weighted by Crippen LogP contribution is -2.37. The van der Waals surface area contributed by atoms with Crippen LogP contribution in [0, 0.1) is 23.6 Å². The molecule has 0 spiro atoms. The molecule has 2 amide bonds. The second-order valence-corrected chi connectivity index (χ2v) is 7.51. The molecule has 5 rings (SSSR count). The number of aromatic nitrogens is 2. The maximum Gasteiger partial charge on any atom is 0.320 e. The molecular formula is C23H21F3N4O. The summed E-state index contributed by atoms with van der Waals surface area (Å²) in [6.07, 6.45) is 1.80. The second kappa shape index (κ2) is 8.72. The van der Waals surface area contributed by atoms with Gasteiger partial charge in [-0.15, -0.1) is 0 Å². The third-order valence-corrected chi connectivity index (χ3v) is 4.93. The Morgan fingerprint density at radius 3 is 2.71 bits per heavy atom. The first kappa shape index (κ1) is 20.8. The molecule has 160 valence electrons. The summed E-state index contributed by atoms with van der Waals surface area (Å²) in [6, 6.07) is 10.1. The number of rotatable bonds is 2. The number of urea groups is 1. The first-order valence-electron chi connectivity index (χ1n) is 10.0. The van der Waals surface area contributed by atoms with Gasteiger partial charge in [0.05, 0.1) is 18.3 Å². The summed E-state index contributed by atoms with van der Waals surface area (Å²) in [6.45, 7) is 1.12. The summed E-state index contributed by atoms with van der Waals surface area (Å²) in [5.41, 5.74) is 2.67. The van der Waals surface area contributed by atoms with Crippen molar-refractivity contribution in [2.45, 2.75) is 38.8 Å². The molecule has 2 heterocycles. The molecule has 0 saturated heterocycles. The minimum absolute atomic E-state index is 0.286. The van der Waals surface area contributed by atoms with Gasteiger partial charge in [0.1, 0.15) is 11.9 Å². The number of hydrogen-bond donors (Lipinski definition) is 2. The van der Waals surface area contributed by atoms with Crippen molar-refractivity contribution in [3.8, 4) is 11.8 Å². The fourth-order valence-corrected chi connectivity index (χ4v) is 3.32. The van der Waals surface area contributed by atoms with E-state index >= 15 is 0 Å². The van der Waals surface area contributed by atoms with Crippen LogP contribution in [0.5, 0.6) is 0 Å². The molecular weight excluding hydrogens is 405 g/mol. The molecule has 1 atom stereocenters. The van der Waals surface area contributed by atoms with E-state index in [-0.39, 0.29) is 18.4 Å². The Morgan fingerprint density at radius 1 is 1.23 bits per heavy atom. The molecule has 1 fully saturated rings. The zero-order chi connectivity index (χ0) is 22.0. The van der Waals surface area contributed by atoms with Crippen LogP contribution in [0.2, 0.25) is 0 Å². The molecule has 0 radical (unpaired) electrons. The van der Waals surface area contributed by atoms with Gasteiger partial charge in [-0.3, -0.25) is 4.68 Å². The van der Waals surface area contributed by atoms with E-state index in [2.05, 4.69) is 27.6 Å². The first-order chi connectivity index (χ1) is 14.9. The summed E-state index contributed by atoms with van der Waals surface area (Å²) >= 11 is 0. The van der Waals surface area contributed by atoms with Crippen molar-refractivity contribution >= 4 is 22.6 Å². The Balaban J connectivity index is 0.000000535. The first-order valence-corrected chi connectivity index (χ1v) is 10.0. The highest BCUT2D eigenvalue weighted by Crippen LogP contribution is 2.32. The van der Waals surface area contributed by atoms with E-state index in [0.29, 0.717) is 22.7 Å². The Morgan fingerprint density at radius 2 is 1.97 bits per heavy atom. The minimum atomic E-state index is -2.17. The van der Waals surface area contributed by atoms with Gasteiger partial charge in [-0.1, -0.05) is 30.0 Å². The number of para-hydroxylation sites is 1. The van der Waals surface area contributed by atoms with Gasteiger partial charge in [-0.2, -0.15) is 5.10 Å². The molecule has 2 N–H and O–H groups in total. The molecule has 5 nitrogen and oxygen atoms in total. The van der Waals surface area contributed by atoms with Crippen LogP contribution < -0.4 is 10.6 Å². The summed E-state index contributed by atoms with van der Waals surface area (Å²) < 4.78 is 37.2. The second-order valence-electron chi connectivity index (χ2n) is 7.51. The number of alkyl halides is 2. The zero-order valence-corrected chi connectivity index (χ0v) is 16.8. The van der Waals surface area contributed by atoms with E-state index in [9.17, 15) is 18.0 Å². The van der Waals surface area contributed by atoms with Crippen LogP contribution in [0.4, 0.5) is 23.7 Å². The fraction of sp³-hybridized carbons (Fsp3) is 0.304. The van der Waals surface area contributed by atoms with Gasteiger partial charge < -0.3 is 10.6 Å². The Bertz CT molecular complexity index is 1170. The Kier molecular flexibility index (Phi) is 5.85.